The average molecular weight is 332 g/mol. The van der Waals surface area contributed by atoms with Crippen molar-refractivity contribution in [2.75, 3.05) is 0 Å². The number of benzene rings is 1. The Bertz CT molecular complexity index is 811. The SMILES string of the molecule is Cn1nc(C(F)F)c(C(=O)O)c1-c1ccccc1C1CC1C1CC1. The summed E-state index contributed by atoms with van der Waals surface area (Å²) >= 11 is 0. The smallest absolute Gasteiger partial charge is 0.340 e. The van der Waals surface area contributed by atoms with Crippen LogP contribution in [0.5, 0.6) is 0 Å². The highest BCUT2D eigenvalue weighted by Crippen LogP contribution is 2.60. The molecule has 4 rings (SSSR count). The van der Waals surface area contributed by atoms with Crippen molar-refractivity contribution in [2.24, 2.45) is 18.9 Å². The lowest BCUT2D eigenvalue weighted by atomic mass is 9.96. The minimum absolute atomic E-state index is 0.273. The number of aromatic nitrogens is 2. The first-order valence-electron chi connectivity index (χ1n) is 8.16. The number of alkyl halides is 2. The molecule has 2 fully saturated rings. The number of aryl methyl sites for hydroxylation is 1. The van der Waals surface area contributed by atoms with Crippen LogP contribution in [0.25, 0.3) is 11.3 Å². The van der Waals surface area contributed by atoms with Crippen LogP contribution in [0.3, 0.4) is 0 Å². The third-order valence-corrected chi connectivity index (χ3v) is 5.18. The van der Waals surface area contributed by atoms with Gasteiger partial charge in [0.1, 0.15) is 11.3 Å². The van der Waals surface area contributed by atoms with E-state index in [0.29, 0.717) is 17.4 Å². The average Bonchev–Trinajstić information content (AvgIpc) is 3.42. The third kappa shape index (κ3) is 2.41. The molecule has 0 radical (unpaired) electrons. The van der Waals surface area contributed by atoms with Gasteiger partial charge in [0.15, 0.2) is 0 Å². The van der Waals surface area contributed by atoms with Crippen molar-refractivity contribution < 1.29 is 18.7 Å². The molecule has 4 nitrogen and oxygen atoms in total. The van der Waals surface area contributed by atoms with Gasteiger partial charge in [-0.05, 0) is 42.6 Å². The van der Waals surface area contributed by atoms with Crippen molar-refractivity contribution in [1.29, 1.82) is 0 Å². The van der Waals surface area contributed by atoms with Gasteiger partial charge in [0.25, 0.3) is 6.43 Å². The Morgan fingerprint density at radius 2 is 2.04 bits per heavy atom. The number of carbonyl (C=O) groups is 1. The molecule has 2 saturated carbocycles. The number of aromatic carboxylic acids is 1. The maximum absolute atomic E-state index is 13.2. The highest BCUT2D eigenvalue weighted by molar-refractivity contribution is 5.97. The van der Waals surface area contributed by atoms with E-state index in [-0.39, 0.29) is 11.3 Å². The zero-order valence-electron chi connectivity index (χ0n) is 13.2. The van der Waals surface area contributed by atoms with Crippen LogP contribution in [0.15, 0.2) is 24.3 Å². The number of rotatable bonds is 5. The molecular weight excluding hydrogens is 314 g/mol. The summed E-state index contributed by atoms with van der Waals surface area (Å²) in [5.41, 5.74) is 0.994. The van der Waals surface area contributed by atoms with Crippen LogP contribution >= 0.6 is 0 Å². The molecule has 24 heavy (non-hydrogen) atoms. The fourth-order valence-corrected chi connectivity index (χ4v) is 3.87. The number of halogens is 2. The van der Waals surface area contributed by atoms with Gasteiger partial charge in [0.05, 0.1) is 5.69 Å². The van der Waals surface area contributed by atoms with Gasteiger partial charge in [-0.25, -0.2) is 13.6 Å². The summed E-state index contributed by atoms with van der Waals surface area (Å²) in [7, 11) is 1.52. The molecule has 0 aliphatic heterocycles. The Balaban J connectivity index is 1.84. The summed E-state index contributed by atoms with van der Waals surface area (Å²) < 4.78 is 27.7. The fourth-order valence-electron chi connectivity index (χ4n) is 3.87. The summed E-state index contributed by atoms with van der Waals surface area (Å²) in [6.45, 7) is 0. The topological polar surface area (TPSA) is 55.1 Å². The fraction of sp³-hybridized carbons (Fsp3) is 0.444. The van der Waals surface area contributed by atoms with Crippen LogP contribution in [-0.2, 0) is 7.05 Å². The molecule has 0 spiro atoms. The molecule has 2 atom stereocenters. The third-order valence-electron chi connectivity index (χ3n) is 5.18. The van der Waals surface area contributed by atoms with E-state index in [1.165, 1.54) is 24.6 Å². The van der Waals surface area contributed by atoms with E-state index < -0.39 is 18.1 Å². The van der Waals surface area contributed by atoms with E-state index in [4.69, 9.17) is 0 Å². The normalized spacial score (nSPS) is 22.8. The molecule has 2 aliphatic carbocycles. The molecule has 2 aromatic rings. The minimum atomic E-state index is -2.91. The molecule has 1 aromatic heterocycles. The molecule has 1 aromatic carbocycles. The number of hydrogen-bond donors (Lipinski definition) is 1. The monoisotopic (exact) mass is 332 g/mol. The maximum atomic E-state index is 13.2. The highest BCUT2D eigenvalue weighted by Gasteiger charge is 2.49. The number of carboxylic acid groups (broad SMARTS) is 1. The Kier molecular flexibility index (Phi) is 3.44. The number of nitrogens with zero attached hydrogens (tertiary/aromatic N) is 2. The van der Waals surface area contributed by atoms with Gasteiger partial charge in [-0.15, -0.1) is 0 Å². The molecule has 0 bridgehead atoms. The maximum Gasteiger partial charge on any atom is 0.340 e. The first kappa shape index (κ1) is 15.3. The lowest BCUT2D eigenvalue weighted by Gasteiger charge is -2.11. The van der Waals surface area contributed by atoms with Crippen LogP contribution in [-0.4, -0.2) is 20.9 Å². The lowest BCUT2D eigenvalue weighted by Crippen LogP contribution is -2.04. The molecule has 0 amide bonds. The van der Waals surface area contributed by atoms with Crippen LogP contribution < -0.4 is 0 Å². The Morgan fingerprint density at radius 3 is 2.67 bits per heavy atom. The van der Waals surface area contributed by atoms with Crippen molar-refractivity contribution in [3.05, 3.63) is 41.1 Å². The predicted molar refractivity (Wildman–Crippen MR) is 84.1 cm³/mol. The summed E-state index contributed by atoms with van der Waals surface area (Å²) in [5.74, 6) is 0.477. The van der Waals surface area contributed by atoms with Gasteiger partial charge in [0.2, 0.25) is 0 Å². The van der Waals surface area contributed by atoms with E-state index in [2.05, 4.69) is 5.10 Å². The first-order valence-corrected chi connectivity index (χ1v) is 8.16. The standard InChI is InChI=1S/C18H18F2N2O2/c1-22-16(14(18(23)24)15(21-22)17(19)20)11-5-3-2-4-10(11)13-8-12(13)9-6-7-9/h2-5,9,12-13,17H,6-8H2,1H3,(H,23,24). The van der Waals surface area contributed by atoms with Crippen molar-refractivity contribution in [2.45, 2.75) is 31.6 Å². The molecule has 6 heteroatoms. The first-order chi connectivity index (χ1) is 11.5. The van der Waals surface area contributed by atoms with E-state index >= 15 is 0 Å². The number of carboxylic acids is 1. The molecule has 0 saturated heterocycles. The molecule has 1 N–H and O–H groups in total. The van der Waals surface area contributed by atoms with Gasteiger partial charge >= 0.3 is 5.97 Å². The highest BCUT2D eigenvalue weighted by atomic mass is 19.3. The van der Waals surface area contributed by atoms with E-state index in [0.717, 1.165) is 17.9 Å². The second-order valence-corrected chi connectivity index (χ2v) is 6.77. The largest absolute Gasteiger partial charge is 0.478 e. The van der Waals surface area contributed by atoms with Crippen molar-refractivity contribution in [3.63, 3.8) is 0 Å². The minimum Gasteiger partial charge on any atom is -0.478 e. The number of hydrogen-bond acceptors (Lipinski definition) is 2. The van der Waals surface area contributed by atoms with Crippen LogP contribution in [0.1, 0.15) is 53.2 Å². The molecule has 2 aliphatic rings. The van der Waals surface area contributed by atoms with Crippen LogP contribution in [0, 0.1) is 11.8 Å². The van der Waals surface area contributed by atoms with E-state index in [1.807, 2.05) is 24.3 Å². The van der Waals surface area contributed by atoms with Crippen LogP contribution in [0.4, 0.5) is 8.78 Å². The Morgan fingerprint density at radius 1 is 1.33 bits per heavy atom. The summed E-state index contributed by atoms with van der Waals surface area (Å²) in [6.07, 6.45) is 0.725. The predicted octanol–water partition coefficient (Wildman–Crippen LogP) is 4.24. The zero-order chi connectivity index (χ0) is 17.0. The van der Waals surface area contributed by atoms with E-state index in [9.17, 15) is 18.7 Å². The Labute approximate surface area is 138 Å². The van der Waals surface area contributed by atoms with Crippen molar-refractivity contribution >= 4 is 5.97 Å². The van der Waals surface area contributed by atoms with E-state index in [1.54, 1.807) is 0 Å². The summed E-state index contributed by atoms with van der Waals surface area (Å²) in [4.78, 5) is 11.6. The molecule has 1 heterocycles. The van der Waals surface area contributed by atoms with Gasteiger partial charge in [-0.1, -0.05) is 24.3 Å². The second-order valence-electron chi connectivity index (χ2n) is 6.77. The molecular formula is C18H18F2N2O2. The summed E-state index contributed by atoms with van der Waals surface area (Å²) in [6, 6.07) is 7.54. The Hall–Kier alpha value is -2.24. The van der Waals surface area contributed by atoms with Crippen molar-refractivity contribution in [3.8, 4) is 11.3 Å². The quantitative estimate of drug-likeness (QED) is 0.891. The van der Waals surface area contributed by atoms with Crippen LogP contribution in [0.2, 0.25) is 0 Å². The van der Waals surface area contributed by atoms with Gasteiger partial charge in [-0.2, -0.15) is 5.10 Å². The summed E-state index contributed by atoms with van der Waals surface area (Å²) in [5, 5.41) is 13.3. The second kappa shape index (κ2) is 5.40. The zero-order valence-corrected chi connectivity index (χ0v) is 13.2. The molecule has 126 valence electrons. The van der Waals surface area contributed by atoms with Gasteiger partial charge in [-0.3, -0.25) is 4.68 Å². The molecule has 2 unspecified atom stereocenters. The van der Waals surface area contributed by atoms with Gasteiger partial charge < -0.3 is 5.11 Å². The lowest BCUT2D eigenvalue weighted by molar-refractivity contribution is 0.0685. The van der Waals surface area contributed by atoms with Gasteiger partial charge in [0, 0.05) is 12.6 Å². The van der Waals surface area contributed by atoms with Crippen molar-refractivity contribution in [1.82, 2.24) is 9.78 Å².